The molecule has 19 heavy (non-hydrogen) atoms. The van der Waals surface area contributed by atoms with Crippen LogP contribution in [0.3, 0.4) is 0 Å². The Balaban J connectivity index is 2.35. The minimum absolute atomic E-state index is 0.0554. The van der Waals surface area contributed by atoms with Crippen molar-refractivity contribution < 1.29 is 4.74 Å². The Labute approximate surface area is 128 Å². The van der Waals surface area contributed by atoms with Gasteiger partial charge >= 0.3 is 6.01 Å². The van der Waals surface area contributed by atoms with E-state index in [-0.39, 0.29) is 11.3 Å². The molecular weight excluding hydrogens is 355 g/mol. The fraction of sp³-hybridized carbons (Fsp3) is 0.182. The Bertz CT molecular complexity index is 609. The summed E-state index contributed by atoms with van der Waals surface area (Å²) in [6.45, 7) is 0. The van der Waals surface area contributed by atoms with E-state index in [2.05, 4.69) is 30.9 Å². The van der Waals surface area contributed by atoms with Crippen LogP contribution in [0.15, 0.2) is 22.7 Å². The van der Waals surface area contributed by atoms with Crippen molar-refractivity contribution in [1.29, 1.82) is 0 Å². The van der Waals surface area contributed by atoms with Crippen molar-refractivity contribution in [3.63, 3.8) is 0 Å². The molecule has 0 N–H and O–H groups in total. The Kier molecular flexibility index (Phi) is 4.44. The molecule has 0 amide bonds. The SMILES string of the molecule is CN(C)c1nc(Cl)nc(Oc2cc(Br)ccc2Cl)n1. The number of rotatable bonds is 3. The highest BCUT2D eigenvalue weighted by Gasteiger charge is 2.11. The van der Waals surface area contributed by atoms with Gasteiger partial charge in [-0.15, -0.1) is 0 Å². The highest BCUT2D eigenvalue weighted by atomic mass is 79.9. The summed E-state index contributed by atoms with van der Waals surface area (Å²) < 4.78 is 6.36. The summed E-state index contributed by atoms with van der Waals surface area (Å²) in [6.07, 6.45) is 0. The van der Waals surface area contributed by atoms with Crippen LogP contribution in [0.2, 0.25) is 10.3 Å². The van der Waals surface area contributed by atoms with Crippen LogP contribution in [0, 0.1) is 0 Å². The molecule has 0 spiro atoms. The fourth-order valence-corrected chi connectivity index (χ4v) is 1.87. The highest BCUT2D eigenvalue weighted by molar-refractivity contribution is 9.10. The first-order valence-corrected chi connectivity index (χ1v) is 6.72. The first kappa shape index (κ1) is 14.3. The third kappa shape index (κ3) is 3.68. The smallest absolute Gasteiger partial charge is 0.328 e. The molecule has 0 radical (unpaired) electrons. The van der Waals surface area contributed by atoms with Gasteiger partial charge < -0.3 is 9.64 Å². The molecule has 8 heteroatoms. The summed E-state index contributed by atoms with van der Waals surface area (Å²) in [4.78, 5) is 13.7. The van der Waals surface area contributed by atoms with Crippen molar-refractivity contribution in [2.75, 3.05) is 19.0 Å². The summed E-state index contributed by atoms with van der Waals surface area (Å²) in [5, 5.41) is 0.506. The van der Waals surface area contributed by atoms with E-state index in [0.29, 0.717) is 16.7 Å². The van der Waals surface area contributed by atoms with Crippen molar-refractivity contribution in [3.8, 4) is 11.8 Å². The molecule has 0 aliphatic rings. The van der Waals surface area contributed by atoms with Gasteiger partial charge in [-0.3, -0.25) is 0 Å². The van der Waals surface area contributed by atoms with Gasteiger partial charge in [0.1, 0.15) is 0 Å². The van der Waals surface area contributed by atoms with Crippen LogP contribution in [-0.2, 0) is 0 Å². The molecule has 0 aliphatic heterocycles. The van der Waals surface area contributed by atoms with Crippen LogP contribution in [-0.4, -0.2) is 29.0 Å². The molecule has 0 saturated heterocycles. The van der Waals surface area contributed by atoms with E-state index in [1.54, 1.807) is 37.2 Å². The van der Waals surface area contributed by atoms with Gasteiger partial charge in [-0.05, 0) is 29.8 Å². The molecule has 1 heterocycles. The van der Waals surface area contributed by atoms with E-state index in [1.165, 1.54) is 0 Å². The normalized spacial score (nSPS) is 10.4. The number of aromatic nitrogens is 3. The fourth-order valence-electron chi connectivity index (χ4n) is 1.22. The zero-order valence-corrected chi connectivity index (χ0v) is 13.2. The van der Waals surface area contributed by atoms with Crippen molar-refractivity contribution in [3.05, 3.63) is 33.0 Å². The second-order valence-electron chi connectivity index (χ2n) is 3.76. The summed E-state index contributed by atoms with van der Waals surface area (Å²) in [6, 6.07) is 5.32. The van der Waals surface area contributed by atoms with E-state index in [1.807, 2.05) is 0 Å². The number of hydrogen-bond acceptors (Lipinski definition) is 5. The molecule has 1 aromatic carbocycles. The van der Waals surface area contributed by atoms with Gasteiger partial charge in [-0.2, -0.15) is 15.0 Å². The average Bonchev–Trinajstić information content (AvgIpc) is 2.33. The highest BCUT2D eigenvalue weighted by Crippen LogP contribution is 2.31. The molecule has 5 nitrogen and oxygen atoms in total. The molecule has 0 fully saturated rings. The molecule has 2 rings (SSSR count). The van der Waals surface area contributed by atoms with Gasteiger partial charge in [0.25, 0.3) is 0 Å². The van der Waals surface area contributed by atoms with E-state index >= 15 is 0 Å². The molecule has 0 saturated carbocycles. The predicted octanol–water partition coefficient (Wildman–Crippen LogP) is 3.80. The Morgan fingerprint density at radius 2 is 1.89 bits per heavy atom. The quantitative estimate of drug-likeness (QED) is 0.830. The largest absolute Gasteiger partial charge is 0.423 e. The zero-order chi connectivity index (χ0) is 14.0. The Morgan fingerprint density at radius 3 is 2.58 bits per heavy atom. The van der Waals surface area contributed by atoms with Gasteiger partial charge in [0.15, 0.2) is 5.75 Å². The molecule has 1 aromatic heterocycles. The maximum atomic E-state index is 6.03. The first-order chi connectivity index (χ1) is 8.95. The predicted molar refractivity (Wildman–Crippen MR) is 78.4 cm³/mol. The van der Waals surface area contributed by atoms with Gasteiger partial charge in [0, 0.05) is 18.6 Å². The monoisotopic (exact) mass is 362 g/mol. The molecular formula is C11H9BrCl2N4O. The third-order valence-corrected chi connectivity index (χ3v) is 3.04. The number of halogens is 3. The number of ether oxygens (including phenoxy) is 1. The Hall–Kier alpha value is -1.11. The maximum absolute atomic E-state index is 6.03. The lowest BCUT2D eigenvalue weighted by molar-refractivity contribution is 0.439. The molecule has 0 aliphatic carbocycles. The summed E-state index contributed by atoms with van der Waals surface area (Å²) >= 11 is 15.2. The number of benzene rings is 1. The van der Waals surface area contributed by atoms with Crippen molar-refractivity contribution >= 4 is 45.1 Å². The number of nitrogens with zero attached hydrogens (tertiary/aromatic N) is 4. The first-order valence-electron chi connectivity index (χ1n) is 5.17. The summed E-state index contributed by atoms with van der Waals surface area (Å²) in [5.41, 5.74) is 0. The van der Waals surface area contributed by atoms with E-state index in [0.717, 1.165) is 4.47 Å². The van der Waals surface area contributed by atoms with Crippen LogP contribution in [0.5, 0.6) is 11.8 Å². The minimum atomic E-state index is 0.0554. The second kappa shape index (κ2) is 5.90. The van der Waals surface area contributed by atoms with Crippen LogP contribution < -0.4 is 9.64 Å². The Morgan fingerprint density at radius 1 is 1.16 bits per heavy atom. The van der Waals surface area contributed by atoms with E-state index in [9.17, 15) is 0 Å². The topological polar surface area (TPSA) is 51.1 Å². The lowest BCUT2D eigenvalue weighted by Gasteiger charge is -2.11. The van der Waals surface area contributed by atoms with Crippen LogP contribution in [0.1, 0.15) is 0 Å². The summed E-state index contributed by atoms with van der Waals surface area (Å²) in [5.74, 6) is 0.837. The van der Waals surface area contributed by atoms with Crippen molar-refractivity contribution in [1.82, 2.24) is 15.0 Å². The number of hydrogen-bond donors (Lipinski definition) is 0. The average molecular weight is 364 g/mol. The molecule has 100 valence electrons. The molecule has 0 unspecified atom stereocenters. The van der Waals surface area contributed by atoms with Gasteiger partial charge in [0.05, 0.1) is 5.02 Å². The van der Waals surface area contributed by atoms with E-state index in [4.69, 9.17) is 27.9 Å². The summed E-state index contributed by atoms with van der Waals surface area (Å²) in [7, 11) is 3.59. The second-order valence-corrected chi connectivity index (χ2v) is 5.42. The molecule has 2 aromatic rings. The standard InChI is InChI=1S/C11H9BrCl2N4O/c1-18(2)10-15-9(14)16-11(17-10)19-8-5-6(12)3-4-7(8)13/h3-5H,1-2H3. The maximum Gasteiger partial charge on any atom is 0.328 e. The zero-order valence-electron chi connectivity index (χ0n) is 10.1. The van der Waals surface area contributed by atoms with Crippen LogP contribution >= 0.6 is 39.1 Å². The third-order valence-electron chi connectivity index (χ3n) is 2.07. The van der Waals surface area contributed by atoms with Crippen molar-refractivity contribution in [2.45, 2.75) is 0 Å². The van der Waals surface area contributed by atoms with Crippen molar-refractivity contribution in [2.24, 2.45) is 0 Å². The lowest BCUT2D eigenvalue weighted by atomic mass is 10.3. The molecule has 0 atom stereocenters. The van der Waals surface area contributed by atoms with Gasteiger partial charge in [0.2, 0.25) is 11.2 Å². The van der Waals surface area contributed by atoms with Gasteiger partial charge in [-0.25, -0.2) is 0 Å². The lowest BCUT2D eigenvalue weighted by Crippen LogP contribution is -2.13. The van der Waals surface area contributed by atoms with Crippen LogP contribution in [0.25, 0.3) is 0 Å². The van der Waals surface area contributed by atoms with Crippen LogP contribution in [0.4, 0.5) is 5.95 Å². The molecule has 0 bridgehead atoms. The van der Waals surface area contributed by atoms with E-state index < -0.39 is 0 Å². The number of anilines is 1. The minimum Gasteiger partial charge on any atom is -0.423 e. The van der Waals surface area contributed by atoms with Gasteiger partial charge in [-0.1, -0.05) is 27.5 Å².